The van der Waals surface area contributed by atoms with Gasteiger partial charge in [0.25, 0.3) is 0 Å². The number of hydrogen-bond acceptors (Lipinski definition) is 2. The van der Waals surface area contributed by atoms with Crippen LogP contribution in [0.15, 0.2) is 12.2 Å². The van der Waals surface area contributed by atoms with E-state index in [9.17, 15) is 0 Å². The highest BCUT2D eigenvalue weighted by atomic mass is 15.0. The lowest BCUT2D eigenvalue weighted by atomic mass is 10.2. The van der Waals surface area contributed by atoms with E-state index in [0.29, 0.717) is 6.04 Å². The van der Waals surface area contributed by atoms with Gasteiger partial charge in [0, 0.05) is 25.7 Å². The smallest absolute Gasteiger partial charge is 0.0376 e. The SMILES string of the molecule is [CH2]CCC=CC1CNCCN1. The molecule has 1 radical (unpaired) electrons. The second-order valence-electron chi connectivity index (χ2n) is 2.84. The van der Waals surface area contributed by atoms with Crippen LogP contribution in [0.5, 0.6) is 0 Å². The zero-order valence-electron chi connectivity index (χ0n) is 6.97. The van der Waals surface area contributed by atoms with E-state index in [1.807, 2.05) is 0 Å². The summed E-state index contributed by atoms with van der Waals surface area (Å²) in [5.74, 6) is 0. The fourth-order valence-electron chi connectivity index (χ4n) is 1.19. The molecule has 1 saturated heterocycles. The lowest BCUT2D eigenvalue weighted by Crippen LogP contribution is -2.47. The molecule has 0 amide bonds. The number of nitrogens with one attached hydrogen (secondary N) is 2. The normalized spacial score (nSPS) is 26.1. The fraction of sp³-hybridized carbons (Fsp3) is 0.667. The van der Waals surface area contributed by atoms with Crippen LogP contribution >= 0.6 is 0 Å². The molecule has 11 heavy (non-hydrogen) atoms. The minimum absolute atomic E-state index is 0.537. The summed E-state index contributed by atoms with van der Waals surface area (Å²) < 4.78 is 0. The summed E-state index contributed by atoms with van der Waals surface area (Å²) in [6.45, 7) is 7.02. The molecule has 1 atom stereocenters. The summed E-state index contributed by atoms with van der Waals surface area (Å²) in [7, 11) is 0. The number of rotatable bonds is 3. The molecule has 0 aromatic rings. The first-order valence-electron chi connectivity index (χ1n) is 4.33. The largest absolute Gasteiger partial charge is 0.314 e. The summed E-state index contributed by atoms with van der Waals surface area (Å²) in [5.41, 5.74) is 0. The highest BCUT2D eigenvalue weighted by Crippen LogP contribution is 1.93. The van der Waals surface area contributed by atoms with Gasteiger partial charge >= 0.3 is 0 Å². The Morgan fingerprint density at radius 2 is 2.36 bits per heavy atom. The maximum absolute atomic E-state index is 3.78. The molecule has 0 aromatic heterocycles. The van der Waals surface area contributed by atoms with E-state index in [2.05, 4.69) is 29.7 Å². The van der Waals surface area contributed by atoms with Gasteiger partial charge in [-0.15, -0.1) is 0 Å². The third-order valence-corrected chi connectivity index (χ3v) is 1.81. The first-order valence-corrected chi connectivity index (χ1v) is 4.33. The van der Waals surface area contributed by atoms with Crippen molar-refractivity contribution in [2.24, 2.45) is 0 Å². The minimum atomic E-state index is 0.537. The summed E-state index contributed by atoms with van der Waals surface area (Å²) in [6.07, 6.45) is 6.53. The van der Waals surface area contributed by atoms with Crippen LogP contribution in [-0.4, -0.2) is 25.7 Å². The van der Waals surface area contributed by atoms with E-state index < -0.39 is 0 Å². The molecule has 2 nitrogen and oxygen atoms in total. The Balaban J connectivity index is 2.13. The molecule has 0 aliphatic carbocycles. The van der Waals surface area contributed by atoms with Crippen molar-refractivity contribution in [2.45, 2.75) is 18.9 Å². The Bertz CT molecular complexity index is 115. The molecular formula is C9H17N2. The van der Waals surface area contributed by atoms with E-state index in [1.165, 1.54) is 0 Å². The Morgan fingerprint density at radius 1 is 1.45 bits per heavy atom. The van der Waals surface area contributed by atoms with Crippen LogP contribution in [0, 0.1) is 6.92 Å². The summed E-state index contributed by atoms with van der Waals surface area (Å²) in [6, 6.07) is 0.537. The molecule has 1 fully saturated rings. The predicted molar refractivity (Wildman–Crippen MR) is 48.4 cm³/mol. The minimum Gasteiger partial charge on any atom is -0.314 e. The first-order chi connectivity index (χ1) is 5.43. The van der Waals surface area contributed by atoms with Crippen molar-refractivity contribution in [3.05, 3.63) is 19.1 Å². The lowest BCUT2D eigenvalue weighted by Gasteiger charge is -2.21. The van der Waals surface area contributed by atoms with Gasteiger partial charge in [0.2, 0.25) is 0 Å². The molecule has 0 aromatic carbocycles. The quantitative estimate of drug-likeness (QED) is 0.584. The molecule has 1 rings (SSSR count). The molecule has 1 unspecified atom stereocenters. The number of unbranched alkanes of at least 4 members (excludes halogenated alkanes) is 1. The zero-order chi connectivity index (χ0) is 7.94. The third kappa shape index (κ3) is 3.54. The average Bonchev–Trinajstić information content (AvgIpc) is 2.07. The molecule has 1 heterocycles. The van der Waals surface area contributed by atoms with Crippen molar-refractivity contribution < 1.29 is 0 Å². The molecule has 1 aliphatic heterocycles. The van der Waals surface area contributed by atoms with Crippen molar-refractivity contribution in [3.8, 4) is 0 Å². The first kappa shape index (κ1) is 8.75. The van der Waals surface area contributed by atoms with Crippen molar-refractivity contribution in [3.63, 3.8) is 0 Å². The molecule has 0 spiro atoms. The maximum atomic E-state index is 3.78. The monoisotopic (exact) mass is 153 g/mol. The number of hydrogen-bond donors (Lipinski definition) is 2. The van der Waals surface area contributed by atoms with Crippen LogP contribution in [0.1, 0.15) is 12.8 Å². The average molecular weight is 153 g/mol. The lowest BCUT2D eigenvalue weighted by molar-refractivity contribution is 0.470. The van der Waals surface area contributed by atoms with Gasteiger partial charge in [-0.1, -0.05) is 19.1 Å². The molecule has 2 N–H and O–H groups in total. The van der Waals surface area contributed by atoms with Gasteiger partial charge in [0.1, 0.15) is 0 Å². The molecule has 2 heteroatoms. The van der Waals surface area contributed by atoms with Gasteiger partial charge in [0.15, 0.2) is 0 Å². The van der Waals surface area contributed by atoms with Crippen LogP contribution < -0.4 is 10.6 Å². The second kappa shape index (κ2) is 5.33. The van der Waals surface area contributed by atoms with E-state index in [-0.39, 0.29) is 0 Å². The zero-order valence-corrected chi connectivity index (χ0v) is 6.97. The van der Waals surface area contributed by atoms with Crippen LogP contribution in [0.3, 0.4) is 0 Å². The van der Waals surface area contributed by atoms with Crippen molar-refractivity contribution in [1.29, 1.82) is 0 Å². The van der Waals surface area contributed by atoms with Gasteiger partial charge in [-0.3, -0.25) is 0 Å². The highest BCUT2D eigenvalue weighted by molar-refractivity contribution is 4.96. The van der Waals surface area contributed by atoms with Gasteiger partial charge in [-0.2, -0.15) is 0 Å². The molecule has 0 bridgehead atoms. The number of allylic oxidation sites excluding steroid dienone is 1. The summed E-state index contributed by atoms with van der Waals surface area (Å²) in [4.78, 5) is 0. The topological polar surface area (TPSA) is 24.1 Å². The van der Waals surface area contributed by atoms with Gasteiger partial charge in [-0.25, -0.2) is 0 Å². The summed E-state index contributed by atoms with van der Waals surface area (Å²) >= 11 is 0. The van der Waals surface area contributed by atoms with Crippen molar-refractivity contribution in [2.75, 3.05) is 19.6 Å². The Hall–Kier alpha value is -0.340. The highest BCUT2D eigenvalue weighted by Gasteiger charge is 2.06. The Labute approximate surface area is 69.1 Å². The molecule has 0 saturated carbocycles. The van der Waals surface area contributed by atoms with Crippen molar-refractivity contribution >= 4 is 0 Å². The van der Waals surface area contributed by atoms with E-state index in [4.69, 9.17) is 0 Å². The second-order valence-corrected chi connectivity index (χ2v) is 2.84. The van der Waals surface area contributed by atoms with E-state index in [1.54, 1.807) is 0 Å². The van der Waals surface area contributed by atoms with Crippen LogP contribution in [0.4, 0.5) is 0 Å². The fourth-order valence-corrected chi connectivity index (χ4v) is 1.19. The Morgan fingerprint density at radius 3 is 3.00 bits per heavy atom. The molecular weight excluding hydrogens is 136 g/mol. The molecule has 1 aliphatic rings. The number of piperazine rings is 1. The van der Waals surface area contributed by atoms with E-state index >= 15 is 0 Å². The van der Waals surface area contributed by atoms with Gasteiger partial charge in [0.05, 0.1) is 0 Å². The Kier molecular flexibility index (Phi) is 4.24. The predicted octanol–water partition coefficient (Wildman–Crippen LogP) is 0.718. The van der Waals surface area contributed by atoms with Crippen molar-refractivity contribution in [1.82, 2.24) is 10.6 Å². The molecule has 63 valence electrons. The van der Waals surface area contributed by atoms with Gasteiger partial charge in [-0.05, 0) is 12.8 Å². The summed E-state index contributed by atoms with van der Waals surface area (Å²) in [5, 5.41) is 6.74. The maximum Gasteiger partial charge on any atom is 0.0376 e. The van der Waals surface area contributed by atoms with E-state index in [0.717, 1.165) is 32.5 Å². The standard InChI is InChI=1S/C9H17N2/c1-2-3-4-5-9-8-10-6-7-11-9/h4-5,9-11H,1-3,6-8H2. The van der Waals surface area contributed by atoms with Crippen LogP contribution in [-0.2, 0) is 0 Å². The third-order valence-electron chi connectivity index (χ3n) is 1.81. The van der Waals surface area contributed by atoms with Gasteiger partial charge < -0.3 is 10.6 Å². The van der Waals surface area contributed by atoms with Crippen LogP contribution in [0.2, 0.25) is 0 Å². The van der Waals surface area contributed by atoms with Crippen LogP contribution in [0.25, 0.3) is 0 Å².